The standard InChI is InChI=1S/C21H22N2O6S/c1-3-4-5-6-15(24)28-12(2)16-18(25)23-17(20(26)27)21(30-19(16)23)29-14-9-7-13(11-22)8-10-14/h7-10,12,16,19H,3-6H2,1-2H3,(H,26,27)/t12-,16+,19-/m1/s1. The molecule has 0 aromatic heterocycles. The lowest BCUT2D eigenvalue weighted by Crippen LogP contribution is -2.61. The molecule has 2 aliphatic rings. The quantitative estimate of drug-likeness (QED) is 0.360. The lowest BCUT2D eigenvalue weighted by Gasteiger charge is -2.43. The van der Waals surface area contributed by atoms with Gasteiger partial charge in [0.25, 0.3) is 0 Å². The third-order valence-electron chi connectivity index (χ3n) is 4.95. The number of esters is 1. The number of carbonyl (C=O) groups is 3. The zero-order valence-corrected chi connectivity index (χ0v) is 17.5. The Bertz CT molecular complexity index is 920. The van der Waals surface area contributed by atoms with E-state index in [1.165, 1.54) is 4.90 Å². The molecule has 0 unspecified atom stereocenters. The van der Waals surface area contributed by atoms with Gasteiger partial charge in [0.2, 0.25) is 5.91 Å². The summed E-state index contributed by atoms with van der Waals surface area (Å²) in [6, 6.07) is 8.22. The molecule has 8 nitrogen and oxygen atoms in total. The van der Waals surface area contributed by atoms with Gasteiger partial charge < -0.3 is 14.6 Å². The molecule has 1 saturated heterocycles. The van der Waals surface area contributed by atoms with E-state index in [4.69, 9.17) is 14.7 Å². The second-order valence-electron chi connectivity index (χ2n) is 7.07. The van der Waals surface area contributed by atoms with Crippen LogP contribution in [-0.2, 0) is 19.1 Å². The maximum absolute atomic E-state index is 12.7. The molecule has 2 heterocycles. The molecule has 0 aliphatic carbocycles. The third-order valence-corrected chi connectivity index (χ3v) is 6.19. The highest BCUT2D eigenvalue weighted by molar-refractivity contribution is 8.03. The molecule has 3 atom stereocenters. The van der Waals surface area contributed by atoms with Gasteiger partial charge >= 0.3 is 11.9 Å². The molecule has 0 spiro atoms. The van der Waals surface area contributed by atoms with Crippen molar-refractivity contribution in [2.45, 2.75) is 51.0 Å². The number of thioether (sulfide) groups is 1. The first-order valence-corrected chi connectivity index (χ1v) is 10.6. The molecule has 1 N–H and O–H groups in total. The number of rotatable bonds is 9. The summed E-state index contributed by atoms with van der Waals surface area (Å²) in [7, 11) is 0. The Hall–Kier alpha value is -2.99. The molecule has 9 heteroatoms. The molecule has 0 radical (unpaired) electrons. The zero-order valence-electron chi connectivity index (χ0n) is 16.7. The summed E-state index contributed by atoms with van der Waals surface area (Å²) >= 11 is 1.12. The highest BCUT2D eigenvalue weighted by Gasteiger charge is 2.59. The van der Waals surface area contributed by atoms with E-state index in [9.17, 15) is 19.5 Å². The number of carboxylic acid groups (broad SMARTS) is 1. The van der Waals surface area contributed by atoms with Crippen LogP contribution in [0.5, 0.6) is 5.75 Å². The van der Waals surface area contributed by atoms with Crippen LogP contribution in [0.1, 0.15) is 45.1 Å². The number of ether oxygens (including phenoxy) is 2. The Morgan fingerprint density at radius 3 is 2.60 bits per heavy atom. The van der Waals surface area contributed by atoms with Gasteiger partial charge in [-0.1, -0.05) is 31.5 Å². The molecule has 0 saturated carbocycles. The molecule has 2 aliphatic heterocycles. The number of carbonyl (C=O) groups excluding carboxylic acids is 2. The summed E-state index contributed by atoms with van der Waals surface area (Å²) in [5, 5.41) is 18.1. The molecule has 1 aromatic carbocycles. The fourth-order valence-electron chi connectivity index (χ4n) is 3.37. The maximum atomic E-state index is 12.7. The average Bonchev–Trinajstić information content (AvgIpc) is 3.03. The van der Waals surface area contributed by atoms with Gasteiger partial charge in [-0.05, 0) is 37.6 Å². The average molecular weight is 430 g/mol. The van der Waals surface area contributed by atoms with Crippen molar-refractivity contribution in [2.24, 2.45) is 5.92 Å². The molecule has 1 aromatic rings. The number of β-lactam (4-membered cyclic amide) rings is 1. The molecule has 1 fully saturated rings. The third kappa shape index (κ3) is 4.28. The Labute approximate surface area is 178 Å². The van der Waals surface area contributed by atoms with Crippen molar-refractivity contribution in [3.63, 3.8) is 0 Å². The first-order valence-electron chi connectivity index (χ1n) is 9.72. The SMILES string of the molecule is CCCCCC(=O)O[C@H](C)[C@H]1C(=O)N2C(C(=O)O)=C(Oc3ccc(C#N)cc3)S[C@H]12. The minimum atomic E-state index is -1.27. The van der Waals surface area contributed by atoms with E-state index in [0.29, 0.717) is 17.7 Å². The number of nitriles is 1. The van der Waals surface area contributed by atoms with Crippen molar-refractivity contribution in [2.75, 3.05) is 0 Å². The Morgan fingerprint density at radius 2 is 2.00 bits per heavy atom. The van der Waals surface area contributed by atoms with Crippen LogP contribution in [-0.4, -0.2) is 39.3 Å². The lowest BCUT2D eigenvalue weighted by atomic mass is 9.92. The number of hydrogen-bond donors (Lipinski definition) is 1. The number of amides is 1. The number of benzene rings is 1. The Morgan fingerprint density at radius 1 is 1.30 bits per heavy atom. The zero-order chi connectivity index (χ0) is 21.8. The summed E-state index contributed by atoms with van der Waals surface area (Å²) in [5.41, 5.74) is 0.222. The normalized spacial score (nSPS) is 20.8. The number of aliphatic carboxylic acids is 1. The lowest BCUT2D eigenvalue weighted by molar-refractivity contribution is -0.166. The van der Waals surface area contributed by atoms with Crippen LogP contribution in [0, 0.1) is 17.2 Å². The molecule has 158 valence electrons. The summed E-state index contributed by atoms with van der Waals surface area (Å²) in [4.78, 5) is 37.6. The van der Waals surface area contributed by atoms with Gasteiger partial charge in [0, 0.05) is 6.42 Å². The maximum Gasteiger partial charge on any atom is 0.357 e. The fraction of sp³-hybridized carbons (Fsp3) is 0.429. The summed E-state index contributed by atoms with van der Waals surface area (Å²) in [5.74, 6) is -2.31. The Kier molecular flexibility index (Phi) is 6.67. The summed E-state index contributed by atoms with van der Waals surface area (Å²) in [6.45, 7) is 3.69. The van der Waals surface area contributed by atoms with Gasteiger partial charge in [0.1, 0.15) is 23.1 Å². The van der Waals surface area contributed by atoms with Crippen LogP contribution in [0.4, 0.5) is 0 Å². The summed E-state index contributed by atoms with van der Waals surface area (Å²) in [6.07, 6.45) is 2.29. The van der Waals surface area contributed by atoms with Gasteiger partial charge in [-0.3, -0.25) is 14.5 Å². The van der Waals surface area contributed by atoms with Crippen molar-refractivity contribution >= 4 is 29.6 Å². The highest BCUT2D eigenvalue weighted by atomic mass is 32.2. The van der Waals surface area contributed by atoms with Crippen molar-refractivity contribution in [3.8, 4) is 11.8 Å². The second kappa shape index (κ2) is 9.22. The largest absolute Gasteiger partial charge is 0.476 e. The molecule has 0 bridgehead atoms. The van der Waals surface area contributed by atoms with E-state index >= 15 is 0 Å². The minimum Gasteiger partial charge on any atom is -0.476 e. The summed E-state index contributed by atoms with van der Waals surface area (Å²) < 4.78 is 11.1. The first-order chi connectivity index (χ1) is 14.4. The number of carboxylic acids is 1. The van der Waals surface area contributed by atoms with Gasteiger partial charge in [-0.15, -0.1) is 0 Å². The van der Waals surface area contributed by atoms with Crippen LogP contribution in [0.2, 0.25) is 0 Å². The monoisotopic (exact) mass is 430 g/mol. The predicted molar refractivity (Wildman–Crippen MR) is 108 cm³/mol. The van der Waals surface area contributed by atoms with E-state index in [1.807, 2.05) is 13.0 Å². The van der Waals surface area contributed by atoms with Gasteiger partial charge in [-0.2, -0.15) is 5.26 Å². The molecule has 30 heavy (non-hydrogen) atoms. The van der Waals surface area contributed by atoms with Gasteiger partial charge in [0.05, 0.1) is 11.6 Å². The molecular formula is C21H22N2O6S. The van der Waals surface area contributed by atoms with Crippen molar-refractivity contribution in [1.29, 1.82) is 5.26 Å². The smallest absolute Gasteiger partial charge is 0.357 e. The van der Waals surface area contributed by atoms with E-state index in [-0.39, 0.29) is 16.8 Å². The van der Waals surface area contributed by atoms with E-state index < -0.39 is 29.3 Å². The van der Waals surface area contributed by atoms with E-state index in [2.05, 4.69) is 0 Å². The molecular weight excluding hydrogens is 408 g/mol. The predicted octanol–water partition coefficient (Wildman–Crippen LogP) is 3.23. The van der Waals surface area contributed by atoms with Crippen LogP contribution >= 0.6 is 11.8 Å². The number of unbranched alkanes of at least 4 members (excludes halogenated alkanes) is 2. The first kappa shape index (κ1) is 21.7. The number of hydrogen-bond acceptors (Lipinski definition) is 7. The van der Waals surface area contributed by atoms with E-state index in [1.54, 1.807) is 31.2 Å². The van der Waals surface area contributed by atoms with Crippen molar-refractivity contribution < 1.29 is 29.0 Å². The van der Waals surface area contributed by atoms with Crippen molar-refractivity contribution in [1.82, 2.24) is 4.90 Å². The van der Waals surface area contributed by atoms with Crippen LogP contribution in [0.3, 0.4) is 0 Å². The van der Waals surface area contributed by atoms with Gasteiger partial charge in [-0.25, -0.2) is 4.79 Å². The molecule has 3 rings (SSSR count). The van der Waals surface area contributed by atoms with E-state index in [0.717, 1.165) is 31.0 Å². The Balaban J connectivity index is 1.69. The van der Waals surface area contributed by atoms with Gasteiger partial charge in [0.15, 0.2) is 10.8 Å². The molecule has 1 amide bonds. The van der Waals surface area contributed by atoms with Crippen LogP contribution < -0.4 is 4.74 Å². The van der Waals surface area contributed by atoms with Crippen LogP contribution in [0.25, 0.3) is 0 Å². The number of nitrogens with zero attached hydrogens (tertiary/aromatic N) is 2. The number of fused-ring (bicyclic) bond motifs is 1. The second-order valence-corrected chi connectivity index (χ2v) is 8.16. The topological polar surface area (TPSA) is 117 Å². The van der Waals surface area contributed by atoms with Crippen LogP contribution in [0.15, 0.2) is 35.1 Å². The fourth-order valence-corrected chi connectivity index (χ4v) is 4.83. The highest BCUT2D eigenvalue weighted by Crippen LogP contribution is 2.51. The van der Waals surface area contributed by atoms with Crippen molar-refractivity contribution in [3.05, 3.63) is 40.6 Å². The minimum absolute atomic E-state index is 0.0922.